The highest BCUT2D eigenvalue weighted by Crippen LogP contribution is 2.25. The number of hydrogen-bond acceptors (Lipinski definition) is 0. The van der Waals surface area contributed by atoms with E-state index in [2.05, 4.69) is 38.0 Å². The van der Waals surface area contributed by atoms with Gasteiger partial charge in [-0.1, -0.05) is 20.8 Å². The van der Waals surface area contributed by atoms with Gasteiger partial charge in [-0.15, -0.1) is 0 Å². The highest BCUT2D eigenvalue weighted by Gasteiger charge is 2.17. The lowest BCUT2D eigenvalue weighted by Crippen LogP contribution is -2.13. The molecule has 56 valence electrons. The molecule has 1 heterocycles. The first-order valence-corrected chi connectivity index (χ1v) is 3.80. The molecule has 1 N–H and O–H groups in total. The fourth-order valence-corrected chi connectivity index (χ4v) is 0.949. The van der Waals surface area contributed by atoms with Crippen molar-refractivity contribution in [2.24, 2.45) is 0 Å². The van der Waals surface area contributed by atoms with Crippen LogP contribution in [0.15, 0.2) is 18.5 Å². The van der Waals surface area contributed by atoms with Crippen LogP contribution in [0.2, 0.25) is 0 Å². The van der Waals surface area contributed by atoms with Crippen LogP contribution in [0.3, 0.4) is 0 Å². The SMILES string of the molecule is CCC(C)(C)c1cc[nH]c1. The third kappa shape index (κ3) is 1.23. The Kier molecular flexibility index (Phi) is 1.84. The normalized spacial score (nSPS) is 11.9. The minimum atomic E-state index is 0.333. The lowest BCUT2D eigenvalue weighted by Gasteiger charge is -2.20. The van der Waals surface area contributed by atoms with Crippen LogP contribution in [-0.4, -0.2) is 4.98 Å². The number of rotatable bonds is 2. The number of aromatic nitrogens is 1. The van der Waals surface area contributed by atoms with Gasteiger partial charge in [-0.25, -0.2) is 0 Å². The zero-order valence-corrected chi connectivity index (χ0v) is 6.94. The van der Waals surface area contributed by atoms with Crippen molar-refractivity contribution in [1.82, 2.24) is 4.98 Å². The van der Waals surface area contributed by atoms with Crippen molar-refractivity contribution in [3.8, 4) is 0 Å². The van der Waals surface area contributed by atoms with Gasteiger partial charge >= 0.3 is 0 Å². The lowest BCUT2D eigenvalue weighted by atomic mass is 9.84. The molecule has 0 atom stereocenters. The number of aromatic amines is 1. The summed E-state index contributed by atoms with van der Waals surface area (Å²) >= 11 is 0. The molecule has 1 aromatic heterocycles. The predicted octanol–water partition coefficient (Wildman–Crippen LogP) is 2.70. The van der Waals surface area contributed by atoms with E-state index in [9.17, 15) is 0 Å². The van der Waals surface area contributed by atoms with E-state index >= 15 is 0 Å². The molecule has 10 heavy (non-hydrogen) atoms. The van der Waals surface area contributed by atoms with E-state index in [0.29, 0.717) is 5.41 Å². The first kappa shape index (κ1) is 7.39. The molecule has 1 aromatic rings. The van der Waals surface area contributed by atoms with E-state index in [1.807, 2.05) is 6.20 Å². The topological polar surface area (TPSA) is 15.8 Å². The van der Waals surface area contributed by atoms with Crippen LogP contribution < -0.4 is 0 Å². The largest absolute Gasteiger partial charge is 0.367 e. The Balaban J connectivity index is 2.85. The van der Waals surface area contributed by atoms with Crippen molar-refractivity contribution in [2.45, 2.75) is 32.6 Å². The van der Waals surface area contributed by atoms with Crippen molar-refractivity contribution in [3.63, 3.8) is 0 Å². The Morgan fingerprint density at radius 2 is 2.20 bits per heavy atom. The Labute approximate surface area is 62.5 Å². The molecule has 0 aromatic carbocycles. The maximum Gasteiger partial charge on any atom is 0.00428 e. The molecule has 0 aliphatic heterocycles. The quantitative estimate of drug-likeness (QED) is 0.645. The molecule has 0 unspecified atom stereocenters. The van der Waals surface area contributed by atoms with Crippen LogP contribution in [0.25, 0.3) is 0 Å². The molecule has 0 saturated heterocycles. The van der Waals surface area contributed by atoms with Gasteiger partial charge < -0.3 is 4.98 Å². The second kappa shape index (κ2) is 2.49. The number of nitrogens with one attached hydrogen (secondary N) is 1. The van der Waals surface area contributed by atoms with Gasteiger partial charge in [-0.2, -0.15) is 0 Å². The van der Waals surface area contributed by atoms with E-state index in [4.69, 9.17) is 0 Å². The van der Waals surface area contributed by atoms with Gasteiger partial charge in [0.05, 0.1) is 0 Å². The van der Waals surface area contributed by atoms with Crippen LogP contribution in [0, 0.1) is 0 Å². The zero-order valence-electron chi connectivity index (χ0n) is 6.94. The van der Waals surface area contributed by atoms with Crippen LogP contribution in [0.5, 0.6) is 0 Å². The van der Waals surface area contributed by atoms with E-state index in [-0.39, 0.29) is 0 Å². The summed E-state index contributed by atoms with van der Waals surface area (Å²) < 4.78 is 0. The van der Waals surface area contributed by atoms with E-state index in [1.165, 1.54) is 12.0 Å². The van der Waals surface area contributed by atoms with Gasteiger partial charge in [0.1, 0.15) is 0 Å². The van der Waals surface area contributed by atoms with Crippen molar-refractivity contribution in [2.75, 3.05) is 0 Å². The van der Waals surface area contributed by atoms with Crippen molar-refractivity contribution < 1.29 is 0 Å². The van der Waals surface area contributed by atoms with Crippen LogP contribution in [-0.2, 0) is 5.41 Å². The summed E-state index contributed by atoms with van der Waals surface area (Å²) in [5, 5.41) is 0. The van der Waals surface area contributed by atoms with Gasteiger partial charge in [0.15, 0.2) is 0 Å². The Morgan fingerprint density at radius 1 is 1.50 bits per heavy atom. The molecule has 0 spiro atoms. The van der Waals surface area contributed by atoms with E-state index in [1.54, 1.807) is 0 Å². The lowest BCUT2D eigenvalue weighted by molar-refractivity contribution is 0.507. The standard InChI is InChI=1S/C9H15N/c1-4-9(2,3)8-5-6-10-7-8/h5-7,10H,4H2,1-3H3. The summed E-state index contributed by atoms with van der Waals surface area (Å²) in [7, 11) is 0. The van der Waals surface area contributed by atoms with Gasteiger partial charge in [0.25, 0.3) is 0 Å². The number of hydrogen-bond donors (Lipinski definition) is 1. The molecule has 0 bridgehead atoms. The van der Waals surface area contributed by atoms with E-state index in [0.717, 1.165) is 0 Å². The first-order chi connectivity index (χ1) is 4.67. The van der Waals surface area contributed by atoms with Crippen molar-refractivity contribution >= 4 is 0 Å². The first-order valence-electron chi connectivity index (χ1n) is 3.80. The molecule has 1 heteroatoms. The maximum absolute atomic E-state index is 3.07. The number of H-pyrrole nitrogens is 1. The fraction of sp³-hybridized carbons (Fsp3) is 0.556. The average Bonchev–Trinajstić information content (AvgIpc) is 2.38. The second-order valence-corrected chi connectivity index (χ2v) is 3.34. The molecule has 1 rings (SSSR count). The molecule has 0 amide bonds. The summed E-state index contributed by atoms with van der Waals surface area (Å²) in [6, 6.07) is 2.14. The smallest absolute Gasteiger partial charge is 0.00428 e. The Bertz CT molecular complexity index is 185. The monoisotopic (exact) mass is 137 g/mol. The molecular formula is C9H15N. The minimum absolute atomic E-state index is 0.333. The van der Waals surface area contributed by atoms with Gasteiger partial charge in [0, 0.05) is 12.4 Å². The summed E-state index contributed by atoms with van der Waals surface area (Å²) in [6.07, 6.45) is 5.24. The summed E-state index contributed by atoms with van der Waals surface area (Å²) in [5.74, 6) is 0. The van der Waals surface area contributed by atoms with Crippen molar-refractivity contribution in [1.29, 1.82) is 0 Å². The van der Waals surface area contributed by atoms with Crippen LogP contribution in [0.1, 0.15) is 32.8 Å². The fourth-order valence-electron chi connectivity index (χ4n) is 0.949. The highest BCUT2D eigenvalue weighted by molar-refractivity contribution is 5.18. The second-order valence-electron chi connectivity index (χ2n) is 3.34. The molecule has 0 radical (unpaired) electrons. The Morgan fingerprint density at radius 3 is 2.60 bits per heavy atom. The maximum atomic E-state index is 3.07. The predicted molar refractivity (Wildman–Crippen MR) is 44.1 cm³/mol. The third-order valence-corrected chi connectivity index (χ3v) is 2.26. The molecule has 0 saturated carbocycles. The van der Waals surface area contributed by atoms with Crippen molar-refractivity contribution in [3.05, 3.63) is 24.0 Å². The highest BCUT2D eigenvalue weighted by atomic mass is 14.6. The average molecular weight is 137 g/mol. The third-order valence-electron chi connectivity index (χ3n) is 2.26. The van der Waals surface area contributed by atoms with Gasteiger partial charge in [-0.05, 0) is 23.5 Å². The van der Waals surface area contributed by atoms with Gasteiger partial charge in [0.2, 0.25) is 0 Å². The summed E-state index contributed by atoms with van der Waals surface area (Å²) in [5.41, 5.74) is 1.73. The minimum Gasteiger partial charge on any atom is -0.367 e. The molecule has 0 aliphatic rings. The molecular weight excluding hydrogens is 122 g/mol. The Hall–Kier alpha value is -0.720. The summed E-state index contributed by atoms with van der Waals surface area (Å²) in [4.78, 5) is 3.07. The molecule has 0 fully saturated rings. The molecule has 1 nitrogen and oxygen atoms in total. The molecule has 0 aliphatic carbocycles. The van der Waals surface area contributed by atoms with Crippen LogP contribution in [0.4, 0.5) is 0 Å². The van der Waals surface area contributed by atoms with Gasteiger partial charge in [-0.3, -0.25) is 0 Å². The summed E-state index contributed by atoms with van der Waals surface area (Å²) in [6.45, 7) is 6.74. The van der Waals surface area contributed by atoms with E-state index < -0.39 is 0 Å². The zero-order chi connectivity index (χ0) is 7.61. The van der Waals surface area contributed by atoms with Crippen LogP contribution >= 0.6 is 0 Å².